The summed E-state index contributed by atoms with van der Waals surface area (Å²) in [4.78, 5) is 8.54. The van der Waals surface area contributed by atoms with Crippen LogP contribution in [0.4, 0.5) is 5.82 Å². The number of hydrogen-bond acceptors (Lipinski definition) is 4. The van der Waals surface area contributed by atoms with Crippen molar-refractivity contribution in [1.82, 2.24) is 19.6 Å². The van der Waals surface area contributed by atoms with Gasteiger partial charge in [-0.05, 0) is 25.2 Å². The molecular formula is C14H21N5. The van der Waals surface area contributed by atoms with Crippen LogP contribution >= 0.6 is 0 Å². The molecule has 2 aromatic heterocycles. The second kappa shape index (κ2) is 4.79. The van der Waals surface area contributed by atoms with E-state index in [4.69, 9.17) is 0 Å². The van der Waals surface area contributed by atoms with Crippen LogP contribution < -0.4 is 5.32 Å². The van der Waals surface area contributed by atoms with Crippen molar-refractivity contribution in [3.05, 3.63) is 18.1 Å². The van der Waals surface area contributed by atoms with Crippen molar-refractivity contribution in [3.8, 4) is 0 Å². The van der Waals surface area contributed by atoms with E-state index in [9.17, 15) is 0 Å². The molecule has 3 rings (SSSR count). The highest BCUT2D eigenvalue weighted by Crippen LogP contribution is 2.31. The van der Waals surface area contributed by atoms with E-state index in [1.54, 1.807) is 10.8 Å². The number of anilines is 1. The Hall–Kier alpha value is -1.65. The maximum atomic E-state index is 4.37. The molecule has 5 nitrogen and oxygen atoms in total. The summed E-state index contributed by atoms with van der Waals surface area (Å²) in [6.45, 7) is 6.68. The summed E-state index contributed by atoms with van der Waals surface area (Å²) in [6.07, 6.45) is 5.42. The summed E-state index contributed by atoms with van der Waals surface area (Å²) >= 11 is 0. The summed E-state index contributed by atoms with van der Waals surface area (Å²) < 4.78 is 1.79. The fourth-order valence-electron chi connectivity index (χ4n) is 3.01. The Labute approximate surface area is 113 Å². The number of aryl methyl sites for hydroxylation is 1. The summed E-state index contributed by atoms with van der Waals surface area (Å²) in [5.41, 5.74) is 0.972. The topological polar surface area (TPSA) is 55.1 Å². The van der Waals surface area contributed by atoms with E-state index in [0.717, 1.165) is 17.4 Å². The van der Waals surface area contributed by atoms with Gasteiger partial charge in [0.1, 0.15) is 12.1 Å². The Morgan fingerprint density at radius 3 is 3.00 bits per heavy atom. The number of aromatic nitrogens is 4. The van der Waals surface area contributed by atoms with E-state index in [-0.39, 0.29) is 0 Å². The quantitative estimate of drug-likeness (QED) is 0.901. The van der Waals surface area contributed by atoms with Gasteiger partial charge in [-0.1, -0.05) is 26.7 Å². The van der Waals surface area contributed by atoms with Crippen LogP contribution in [0.15, 0.2) is 12.4 Å². The van der Waals surface area contributed by atoms with Crippen molar-refractivity contribution in [1.29, 1.82) is 0 Å². The molecule has 5 heteroatoms. The van der Waals surface area contributed by atoms with Gasteiger partial charge in [0.25, 0.3) is 5.78 Å². The Bertz CT molecular complexity index is 576. The lowest BCUT2D eigenvalue weighted by Gasteiger charge is -2.35. The van der Waals surface area contributed by atoms with Gasteiger partial charge in [0.05, 0.1) is 0 Å². The van der Waals surface area contributed by atoms with Gasteiger partial charge in [0.2, 0.25) is 0 Å². The molecule has 0 spiro atoms. The number of hydrogen-bond donors (Lipinski definition) is 1. The molecule has 102 valence electrons. The molecule has 19 heavy (non-hydrogen) atoms. The second-order valence-corrected chi connectivity index (χ2v) is 5.77. The standard InChI is InChI=1S/C14H21N5/c1-9-5-4-6-12(11(9)3)18-13-7-10(2)17-14-15-8-16-19(13)14/h7-9,11-12,18H,4-6H2,1-3H3. The highest BCUT2D eigenvalue weighted by Gasteiger charge is 2.27. The van der Waals surface area contributed by atoms with E-state index < -0.39 is 0 Å². The Kier molecular flexibility index (Phi) is 3.12. The Morgan fingerprint density at radius 2 is 2.16 bits per heavy atom. The Morgan fingerprint density at radius 1 is 1.32 bits per heavy atom. The molecule has 0 saturated heterocycles. The summed E-state index contributed by atoms with van der Waals surface area (Å²) in [5.74, 6) is 3.13. The van der Waals surface area contributed by atoms with Crippen LogP contribution in [0.3, 0.4) is 0 Å². The van der Waals surface area contributed by atoms with E-state index in [0.29, 0.717) is 17.7 Å². The molecule has 3 atom stereocenters. The molecule has 1 aliphatic carbocycles. The maximum Gasteiger partial charge on any atom is 0.254 e. The largest absolute Gasteiger partial charge is 0.367 e. The second-order valence-electron chi connectivity index (χ2n) is 5.77. The van der Waals surface area contributed by atoms with Gasteiger partial charge in [0, 0.05) is 17.8 Å². The smallest absolute Gasteiger partial charge is 0.254 e. The third kappa shape index (κ3) is 2.29. The predicted molar refractivity (Wildman–Crippen MR) is 75.1 cm³/mol. The molecule has 3 unspecified atom stereocenters. The third-order valence-corrected chi connectivity index (χ3v) is 4.42. The minimum atomic E-state index is 0.512. The number of nitrogens with one attached hydrogen (secondary N) is 1. The normalized spacial score (nSPS) is 27.6. The van der Waals surface area contributed by atoms with Crippen molar-refractivity contribution < 1.29 is 0 Å². The Balaban J connectivity index is 1.90. The van der Waals surface area contributed by atoms with Crippen LogP contribution in [0.5, 0.6) is 0 Å². The molecule has 0 radical (unpaired) electrons. The molecule has 0 aliphatic heterocycles. The minimum absolute atomic E-state index is 0.512. The number of rotatable bonds is 2. The van der Waals surface area contributed by atoms with Crippen LogP contribution in [0, 0.1) is 18.8 Å². The van der Waals surface area contributed by atoms with E-state index in [1.165, 1.54) is 19.3 Å². The highest BCUT2D eigenvalue weighted by molar-refractivity contribution is 5.45. The molecule has 2 heterocycles. The van der Waals surface area contributed by atoms with Gasteiger partial charge in [-0.3, -0.25) is 0 Å². The first-order chi connectivity index (χ1) is 9.15. The average molecular weight is 259 g/mol. The van der Waals surface area contributed by atoms with E-state index in [2.05, 4.69) is 34.2 Å². The van der Waals surface area contributed by atoms with Gasteiger partial charge >= 0.3 is 0 Å². The van der Waals surface area contributed by atoms with Gasteiger partial charge in [-0.2, -0.15) is 14.6 Å². The summed E-state index contributed by atoms with van der Waals surface area (Å²) in [7, 11) is 0. The molecule has 1 saturated carbocycles. The molecule has 0 bridgehead atoms. The van der Waals surface area contributed by atoms with Gasteiger partial charge < -0.3 is 5.32 Å². The maximum absolute atomic E-state index is 4.37. The molecule has 0 amide bonds. The van der Waals surface area contributed by atoms with Gasteiger partial charge in [-0.25, -0.2) is 4.98 Å². The van der Waals surface area contributed by atoms with E-state index >= 15 is 0 Å². The fourth-order valence-corrected chi connectivity index (χ4v) is 3.01. The first kappa shape index (κ1) is 12.4. The highest BCUT2D eigenvalue weighted by atomic mass is 15.4. The zero-order valence-corrected chi connectivity index (χ0v) is 11.8. The predicted octanol–water partition coefficient (Wildman–Crippen LogP) is 2.67. The van der Waals surface area contributed by atoms with Crippen LogP contribution in [-0.2, 0) is 0 Å². The molecule has 0 aromatic carbocycles. The number of fused-ring (bicyclic) bond motifs is 1. The molecule has 1 aliphatic rings. The minimum Gasteiger partial charge on any atom is -0.367 e. The number of nitrogens with zero attached hydrogens (tertiary/aromatic N) is 4. The average Bonchev–Trinajstić information content (AvgIpc) is 2.83. The van der Waals surface area contributed by atoms with Crippen LogP contribution in [-0.4, -0.2) is 25.6 Å². The third-order valence-electron chi connectivity index (χ3n) is 4.42. The van der Waals surface area contributed by atoms with Crippen LogP contribution in [0.2, 0.25) is 0 Å². The van der Waals surface area contributed by atoms with Crippen molar-refractivity contribution in [2.75, 3.05) is 5.32 Å². The lowest BCUT2D eigenvalue weighted by Crippen LogP contribution is -2.35. The fraction of sp³-hybridized carbons (Fsp3) is 0.643. The zero-order chi connectivity index (χ0) is 13.4. The SMILES string of the molecule is Cc1cc(NC2CCCC(C)C2C)n2ncnc2n1. The van der Waals surface area contributed by atoms with E-state index in [1.807, 2.05) is 13.0 Å². The zero-order valence-electron chi connectivity index (χ0n) is 11.8. The lowest BCUT2D eigenvalue weighted by atomic mass is 9.78. The monoisotopic (exact) mass is 259 g/mol. The van der Waals surface area contributed by atoms with Crippen molar-refractivity contribution in [2.24, 2.45) is 11.8 Å². The first-order valence-corrected chi connectivity index (χ1v) is 7.09. The molecular weight excluding hydrogens is 238 g/mol. The van der Waals surface area contributed by atoms with Crippen LogP contribution in [0.1, 0.15) is 38.8 Å². The first-order valence-electron chi connectivity index (χ1n) is 7.09. The van der Waals surface area contributed by atoms with Gasteiger partial charge in [-0.15, -0.1) is 0 Å². The summed E-state index contributed by atoms with van der Waals surface area (Å²) in [5, 5.41) is 7.90. The molecule has 1 N–H and O–H groups in total. The lowest BCUT2D eigenvalue weighted by molar-refractivity contribution is 0.252. The van der Waals surface area contributed by atoms with Crippen LogP contribution in [0.25, 0.3) is 5.78 Å². The van der Waals surface area contributed by atoms with Gasteiger partial charge in [0.15, 0.2) is 0 Å². The molecule has 1 fully saturated rings. The van der Waals surface area contributed by atoms with Crippen molar-refractivity contribution in [2.45, 2.75) is 46.1 Å². The van der Waals surface area contributed by atoms with Crippen molar-refractivity contribution in [3.63, 3.8) is 0 Å². The summed E-state index contributed by atoms with van der Waals surface area (Å²) in [6, 6.07) is 2.56. The van der Waals surface area contributed by atoms with Crippen molar-refractivity contribution >= 4 is 11.6 Å². The molecule has 2 aromatic rings.